The molecule has 1 aliphatic heterocycles. The van der Waals surface area contributed by atoms with Crippen molar-refractivity contribution in [2.24, 2.45) is 5.92 Å². The van der Waals surface area contributed by atoms with Crippen LogP contribution in [0.4, 0.5) is 0 Å². The summed E-state index contributed by atoms with van der Waals surface area (Å²) in [6, 6.07) is 24.4. The molecule has 196 valence electrons. The van der Waals surface area contributed by atoms with Crippen molar-refractivity contribution in [3.05, 3.63) is 83.9 Å². The van der Waals surface area contributed by atoms with Crippen LogP contribution in [-0.4, -0.2) is 47.2 Å². The number of rotatable bonds is 7. The minimum absolute atomic E-state index is 0.0304. The number of hydrogen-bond donors (Lipinski definition) is 2. The van der Waals surface area contributed by atoms with Crippen LogP contribution in [0.3, 0.4) is 0 Å². The zero-order chi connectivity index (χ0) is 25.9. The largest absolute Gasteiger partial charge is 0.490 e. The van der Waals surface area contributed by atoms with Crippen LogP contribution in [0, 0.1) is 5.92 Å². The van der Waals surface area contributed by atoms with E-state index in [1.165, 1.54) is 18.4 Å². The molecule has 0 spiro atoms. The molecule has 2 aliphatic rings. The summed E-state index contributed by atoms with van der Waals surface area (Å²) < 4.78 is 6.22. The second-order valence-corrected chi connectivity index (χ2v) is 10.9. The molecular formula is C32H36N4O2. The highest BCUT2D eigenvalue weighted by molar-refractivity contribution is 6.01. The fraction of sp³-hybridized carbons (Fsp3) is 0.375. The first-order valence-corrected chi connectivity index (χ1v) is 13.9. The molecule has 6 rings (SSSR count). The SMILES string of the molecule is CN1CCC(Oc2ccc(-c3n[nH]c4ccc(C(=O)NC(c5ccccc5)C5CCCC5)cc34)cc2)CC1. The summed E-state index contributed by atoms with van der Waals surface area (Å²) >= 11 is 0. The number of H-pyrrole nitrogens is 1. The van der Waals surface area contributed by atoms with Crippen LogP contribution in [0.15, 0.2) is 72.8 Å². The van der Waals surface area contributed by atoms with Gasteiger partial charge in [0.25, 0.3) is 5.91 Å². The van der Waals surface area contributed by atoms with Gasteiger partial charge in [-0.05, 0) is 86.7 Å². The van der Waals surface area contributed by atoms with E-state index in [9.17, 15) is 4.79 Å². The van der Waals surface area contributed by atoms with Crippen LogP contribution in [0.5, 0.6) is 5.75 Å². The lowest BCUT2D eigenvalue weighted by Crippen LogP contribution is -2.35. The molecule has 4 aromatic rings. The summed E-state index contributed by atoms with van der Waals surface area (Å²) in [7, 11) is 2.16. The van der Waals surface area contributed by atoms with Crippen LogP contribution in [0.25, 0.3) is 22.2 Å². The number of piperidine rings is 1. The van der Waals surface area contributed by atoms with Crippen LogP contribution in [0.2, 0.25) is 0 Å². The van der Waals surface area contributed by atoms with Gasteiger partial charge in [0, 0.05) is 29.6 Å². The molecule has 0 bridgehead atoms. The quantitative estimate of drug-likeness (QED) is 0.305. The standard InChI is InChI=1S/C32H36N4O2/c1-36-19-17-27(18-20-36)38-26-14-11-24(12-15-26)31-28-21-25(13-16-29(28)34-35-31)32(37)33-30(23-9-5-6-10-23)22-7-3-2-4-8-22/h2-4,7-8,11-16,21,23,27,30H,5-6,9-10,17-20H2,1H3,(H,33,37)(H,34,35). The van der Waals surface area contributed by atoms with Gasteiger partial charge in [0.2, 0.25) is 0 Å². The first-order chi connectivity index (χ1) is 18.6. The van der Waals surface area contributed by atoms with Crippen molar-refractivity contribution in [1.82, 2.24) is 20.4 Å². The number of carbonyl (C=O) groups is 1. The number of benzene rings is 3. The number of fused-ring (bicyclic) bond motifs is 1. The minimum atomic E-state index is -0.0401. The van der Waals surface area contributed by atoms with Crippen LogP contribution < -0.4 is 10.1 Å². The summed E-state index contributed by atoms with van der Waals surface area (Å²) in [5.74, 6) is 1.33. The Labute approximate surface area is 224 Å². The summed E-state index contributed by atoms with van der Waals surface area (Å²) in [5, 5.41) is 12.0. The first kappa shape index (κ1) is 24.7. The molecule has 38 heavy (non-hydrogen) atoms. The second kappa shape index (κ2) is 11.0. The summed E-state index contributed by atoms with van der Waals surface area (Å²) in [6.07, 6.45) is 7.16. The Kier molecular flexibility index (Phi) is 7.14. The number of carbonyl (C=O) groups excluding carboxylic acids is 1. The molecule has 1 aliphatic carbocycles. The molecule has 1 saturated heterocycles. The molecule has 6 nitrogen and oxygen atoms in total. The Balaban J connectivity index is 1.21. The number of hydrogen-bond acceptors (Lipinski definition) is 4. The number of nitrogens with zero attached hydrogens (tertiary/aromatic N) is 2. The van der Waals surface area contributed by atoms with E-state index in [0.717, 1.165) is 66.7 Å². The lowest BCUT2D eigenvalue weighted by molar-refractivity contribution is 0.0922. The van der Waals surface area contributed by atoms with Gasteiger partial charge >= 0.3 is 0 Å². The van der Waals surface area contributed by atoms with Crippen molar-refractivity contribution in [3.63, 3.8) is 0 Å². The van der Waals surface area contributed by atoms with Crippen molar-refractivity contribution >= 4 is 16.8 Å². The van der Waals surface area contributed by atoms with Crippen molar-refractivity contribution in [1.29, 1.82) is 0 Å². The van der Waals surface area contributed by atoms with Gasteiger partial charge in [0.15, 0.2) is 0 Å². The van der Waals surface area contributed by atoms with E-state index in [4.69, 9.17) is 4.74 Å². The molecule has 1 amide bonds. The van der Waals surface area contributed by atoms with Gasteiger partial charge in [-0.2, -0.15) is 5.10 Å². The van der Waals surface area contributed by atoms with E-state index in [1.54, 1.807) is 0 Å². The van der Waals surface area contributed by atoms with Gasteiger partial charge in [-0.15, -0.1) is 0 Å². The molecule has 1 saturated carbocycles. The third-order valence-corrected chi connectivity index (χ3v) is 8.24. The van der Waals surface area contributed by atoms with Crippen molar-refractivity contribution < 1.29 is 9.53 Å². The molecule has 0 radical (unpaired) electrons. The molecule has 1 atom stereocenters. The third-order valence-electron chi connectivity index (χ3n) is 8.24. The van der Waals surface area contributed by atoms with Gasteiger partial charge in [-0.3, -0.25) is 9.89 Å². The van der Waals surface area contributed by atoms with E-state index in [1.807, 2.05) is 36.4 Å². The summed E-state index contributed by atoms with van der Waals surface area (Å²) in [5.41, 5.74) is 4.59. The number of aromatic amines is 1. The minimum Gasteiger partial charge on any atom is -0.490 e. The smallest absolute Gasteiger partial charge is 0.251 e. The van der Waals surface area contributed by atoms with Crippen LogP contribution in [-0.2, 0) is 0 Å². The van der Waals surface area contributed by atoms with E-state index >= 15 is 0 Å². The molecular weight excluding hydrogens is 472 g/mol. The maximum atomic E-state index is 13.5. The van der Waals surface area contributed by atoms with Crippen molar-refractivity contribution in [2.75, 3.05) is 20.1 Å². The van der Waals surface area contributed by atoms with E-state index < -0.39 is 0 Å². The lowest BCUT2D eigenvalue weighted by atomic mass is 9.91. The normalized spacial score (nSPS) is 18.0. The highest BCUT2D eigenvalue weighted by atomic mass is 16.5. The number of ether oxygens (including phenoxy) is 1. The summed E-state index contributed by atoms with van der Waals surface area (Å²) in [4.78, 5) is 15.8. The van der Waals surface area contributed by atoms with Crippen molar-refractivity contribution in [3.8, 4) is 17.0 Å². The number of likely N-dealkylation sites (tertiary alicyclic amines) is 1. The summed E-state index contributed by atoms with van der Waals surface area (Å²) in [6.45, 7) is 2.15. The monoisotopic (exact) mass is 508 g/mol. The average molecular weight is 509 g/mol. The van der Waals surface area contributed by atoms with Gasteiger partial charge in [-0.1, -0.05) is 43.2 Å². The second-order valence-electron chi connectivity index (χ2n) is 10.9. The Morgan fingerprint density at radius 3 is 2.45 bits per heavy atom. The average Bonchev–Trinajstić information content (AvgIpc) is 3.64. The molecule has 2 N–H and O–H groups in total. The zero-order valence-corrected chi connectivity index (χ0v) is 22.0. The molecule has 2 fully saturated rings. The molecule has 1 unspecified atom stereocenters. The first-order valence-electron chi connectivity index (χ1n) is 13.9. The molecule has 3 aromatic carbocycles. The maximum absolute atomic E-state index is 13.5. The maximum Gasteiger partial charge on any atom is 0.251 e. The highest BCUT2D eigenvalue weighted by Gasteiger charge is 2.28. The Bertz CT molecular complexity index is 1370. The van der Waals surface area contributed by atoms with Crippen molar-refractivity contribution in [2.45, 2.75) is 50.7 Å². The Morgan fingerprint density at radius 2 is 1.71 bits per heavy atom. The Hall–Kier alpha value is -3.64. The fourth-order valence-electron chi connectivity index (χ4n) is 6.01. The van der Waals surface area contributed by atoms with Gasteiger partial charge in [0.1, 0.15) is 11.9 Å². The van der Waals surface area contributed by atoms with Crippen LogP contribution in [0.1, 0.15) is 60.5 Å². The van der Waals surface area contributed by atoms with E-state index in [0.29, 0.717) is 11.5 Å². The number of amides is 1. The molecule has 6 heteroatoms. The number of nitrogens with one attached hydrogen (secondary N) is 2. The lowest BCUT2D eigenvalue weighted by Gasteiger charge is -2.29. The third kappa shape index (κ3) is 5.32. The predicted octanol–water partition coefficient (Wildman–Crippen LogP) is 6.36. The molecule has 2 heterocycles. The van der Waals surface area contributed by atoms with Gasteiger partial charge in [0.05, 0.1) is 17.3 Å². The van der Waals surface area contributed by atoms with E-state index in [-0.39, 0.29) is 18.1 Å². The van der Waals surface area contributed by atoms with E-state index in [2.05, 4.69) is 63.9 Å². The highest BCUT2D eigenvalue weighted by Crippen LogP contribution is 2.36. The Morgan fingerprint density at radius 1 is 0.974 bits per heavy atom. The predicted molar refractivity (Wildman–Crippen MR) is 151 cm³/mol. The topological polar surface area (TPSA) is 70.2 Å². The zero-order valence-electron chi connectivity index (χ0n) is 22.0. The van der Waals surface area contributed by atoms with Gasteiger partial charge < -0.3 is 15.0 Å². The fourth-order valence-corrected chi connectivity index (χ4v) is 6.01. The number of aromatic nitrogens is 2. The molecule has 1 aromatic heterocycles. The van der Waals surface area contributed by atoms with Gasteiger partial charge in [-0.25, -0.2) is 0 Å². The van der Waals surface area contributed by atoms with Crippen LogP contribution >= 0.6 is 0 Å².